The Balaban J connectivity index is 2.27. The van der Waals surface area contributed by atoms with E-state index in [1.54, 1.807) is 37.6 Å². The van der Waals surface area contributed by atoms with Crippen molar-refractivity contribution < 1.29 is 8.42 Å². The number of hydrogen-bond acceptors (Lipinski definition) is 5. The fourth-order valence-electron chi connectivity index (χ4n) is 1.85. The second-order valence-electron chi connectivity index (χ2n) is 4.52. The van der Waals surface area contributed by atoms with E-state index in [4.69, 9.17) is 5.14 Å². The summed E-state index contributed by atoms with van der Waals surface area (Å²) >= 11 is 0. The van der Waals surface area contributed by atoms with E-state index < -0.39 is 10.0 Å². The van der Waals surface area contributed by atoms with Gasteiger partial charge in [-0.1, -0.05) is 6.07 Å². The lowest BCUT2D eigenvalue weighted by Crippen LogP contribution is -2.15. The molecule has 0 aliphatic carbocycles. The Hall–Kier alpha value is -1.99. The molecule has 0 aliphatic rings. The van der Waals surface area contributed by atoms with Crippen LogP contribution in [0.1, 0.15) is 24.2 Å². The lowest BCUT2D eigenvalue weighted by molar-refractivity contribution is 0.597. The van der Waals surface area contributed by atoms with Crippen molar-refractivity contribution in [2.75, 3.05) is 5.32 Å². The smallest absolute Gasteiger partial charge is 0.238 e. The summed E-state index contributed by atoms with van der Waals surface area (Å²) in [6, 6.07) is 4.94. The lowest BCUT2D eigenvalue weighted by Gasteiger charge is -2.15. The first-order valence-corrected chi connectivity index (χ1v) is 7.58. The normalized spacial score (nSPS) is 12.9. The van der Waals surface area contributed by atoms with E-state index in [9.17, 15) is 8.42 Å². The highest BCUT2D eigenvalue weighted by molar-refractivity contribution is 7.89. The van der Waals surface area contributed by atoms with E-state index in [2.05, 4.69) is 15.3 Å². The number of nitrogens with two attached hydrogens (primary N) is 1. The van der Waals surface area contributed by atoms with Crippen molar-refractivity contribution >= 4 is 15.7 Å². The molecule has 0 spiro atoms. The molecule has 1 aromatic carbocycles. The molecular formula is C13H16N4O2S. The molecule has 2 rings (SSSR count). The van der Waals surface area contributed by atoms with Crippen LogP contribution in [-0.4, -0.2) is 18.4 Å². The SMILES string of the molecule is Cc1ccc(NC(C)c2cnccn2)cc1S(N)(=O)=O. The van der Waals surface area contributed by atoms with E-state index >= 15 is 0 Å². The van der Waals surface area contributed by atoms with Crippen LogP contribution >= 0.6 is 0 Å². The average Bonchev–Trinajstić information content (AvgIpc) is 2.40. The third-order valence-corrected chi connectivity index (χ3v) is 3.96. The van der Waals surface area contributed by atoms with Crippen molar-refractivity contribution in [1.29, 1.82) is 0 Å². The maximum atomic E-state index is 11.5. The van der Waals surface area contributed by atoms with Crippen LogP contribution in [0.15, 0.2) is 41.7 Å². The van der Waals surface area contributed by atoms with Gasteiger partial charge < -0.3 is 5.32 Å². The Bertz CT molecular complexity index is 702. The maximum Gasteiger partial charge on any atom is 0.238 e. The molecule has 0 amide bonds. The first-order valence-electron chi connectivity index (χ1n) is 6.04. The van der Waals surface area contributed by atoms with Crippen molar-refractivity contribution in [1.82, 2.24) is 9.97 Å². The number of hydrogen-bond donors (Lipinski definition) is 2. The van der Waals surface area contributed by atoms with Crippen molar-refractivity contribution in [3.05, 3.63) is 48.0 Å². The van der Waals surface area contributed by atoms with Gasteiger partial charge in [-0.15, -0.1) is 0 Å². The topological polar surface area (TPSA) is 98.0 Å². The fraction of sp³-hybridized carbons (Fsp3) is 0.231. The molecule has 1 unspecified atom stereocenters. The monoisotopic (exact) mass is 292 g/mol. The van der Waals surface area contributed by atoms with Crippen LogP contribution in [0, 0.1) is 6.92 Å². The van der Waals surface area contributed by atoms with Crippen molar-refractivity contribution in [3.8, 4) is 0 Å². The number of aryl methyl sites for hydroxylation is 1. The minimum absolute atomic E-state index is 0.0975. The van der Waals surface area contributed by atoms with Gasteiger partial charge >= 0.3 is 0 Å². The van der Waals surface area contributed by atoms with Crippen LogP contribution in [0.25, 0.3) is 0 Å². The average molecular weight is 292 g/mol. The van der Waals surface area contributed by atoms with Crippen LogP contribution in [0.5, 0.6) is 0 Å². The Morgan fingerprint density at radius 1 is 1.30 bits per heavy atom. The summed E-state index contributed by atoms with van der Waals surface area (Å²) in [7, 11) is -3.72. The standard InChI is InChI=1S/C13H16N4O2S/c1-9-3-4-11(7-13(9)20(14,18)19)17-10(2)12-8-15-5-6-16-12/h3-8,10,17H,1-2H3,(H2,14,18,19). The molecule has 7 heteroatoms. The van der Waals surface area contributed by atoms with Crippen molar-refractivity contribution in [2.45, 2.75) is 24.8 Å². The third-order valence-electron chi connectivity index (χ3n) is 2.90. The van der Waals surface area contributed by atoms with Crippen LogP contribution in [0.3, 0.4) is 0 Å². The summed E-state index contributed by atoms with van der Waals surface area (Å²) in [4.78, 5) is 8.31. The molecule has 0 bridgehead atoms. The summed E-state index contributed by atoms with van der Waals surface area (Å²) in [5.74, 6) is 0. The van der Waals surface area contributed by atoms with Gasteiger partial charge in [0, 0.05) is 18.1 Å². The molecule has 0 fully saturated rings. The first-order chi connectivity index (χ1) is 9.38. The minimum atomic E-state index is -3.72. The largest absolute Gasteiger partial charge is 0.377 e. The van der Waals surface area contributed by atoms with Gasteiger partial charge in [-0.3, -0.25) is 9.97 Å². The number of rotatable bonds is 4. The number of nitrogens with zero attached hydrogens (tertiary/aromatic N) is 2. The van der Waals surface area contributed by atoms with Gasteiger partial charge in [0.05, 0.1) is 22.8 Å². The van der Waals surface area contributed by atoms with Crippen LogP contribution in [-0.2, 0) is 10.0 Å². The fourth-order valence-corrected chi connectivity index (χ4v) is 2.66. The van der Waals surface area contributed by atoms with Crippen molar-refractivity contribution in [3.63, 3.8) is 0 Å². The molecule has 0 aliphatic heterocycles. The molecule has 0 saturated heterocycles. The lowest BCUT2D eigenvalue weighted by atomic mass is 10.2. The number of aromatic nitrogens is 2. The van der Waals surface area contributed by atoms with E-state index in [0.29, 0.717) is 11.3 Å². The van der Waals surface area contributed by atoms with E-state index in [0.717, 1.165) is 5.69 Å². The Kier molecular flexibility index (Phi) is 4.01. The predicted octanol–water partition coefficient (Wildman–Crippen LogP) is 1.61. The highest BCUT2D eigenvalue weighted by Crippen LogP contribution is 2.22. The third kappa shape index (κ3) is 3.31. The number of anilines is 1. The highest BCUT2D eigenvalue weighted by atomic mass is 32.2. The second kappa shape index (κ2) is 5.56. The van der Waals surface area contributed by atoms with E-state index in [1.165, 1.54) is 6.07 Å². The summed E-state index contributed by atoms with van der Waals surface area (Å²) in [6.07, 6.45) is 4.87. The van der Waals surface area contributed by atoms with Crippen LogP contribution in [0.2, 0.25) is 0 Å². The molecule has 1 heterocycles. The molecule has 1 aromatic heterocycles. The molecular weight excluding hydrogens is 276 g/mol. The molecule has 0 radical (unpaired) electrons. The quantitative estimate of drug-likeness (QED) is 0.892. The van der Waals surface area contributed by atoms with Gasteiger partial charge in [-0.2, -0.15) is 0 Å². The number of nitrogens with one attached hydrogen (secondary N) is 1. The molecule has 0 saturated carbocycles. The van der Waals surface area contributed by atoms with Gasteiger partial charge in [0.15, 0.2) is 0 Å². The zero-order valence-electron chi connectivity index (χ0n) is 11.2. The molecule has 1 atom stereocenters. The summed E-state index contributed by atoms with van der Waals surface area (Å²) in [6.45, 7) is 3.62. The number of sulfonamides is 1. The Morgan fingerprint density at radius 3 is 2.65 bits per heavy atom. The predicted molar refractivity (Wildman–Crippen MR) is 76.6 cm³/mol. The van der Waals surface area contributed by atoms with Gasteiger partial charge in [0.2, 0.25) is 10.0 Å². The first kappa shape index (κ1) is 14.4. The van der Waals surface area contributed by atoms with Gasteiger partial charge in [0.1, 0.15) is 0 Å². The Labute approximate surface area is 118 Å². The second-order valence-corrected chi connectivity index (χ2v) is 6.05. The van der Waals surface area contributed by atoms with Crippen molar-refractivity contribution in [2.24, 2.45) is 5.14 Å². The van der Waals surface area contributed by atoms with Gasteiger partial charge in [-0.05, 0) is 31.5 Å². The van der Waals surface area contributed by atoms with E-state index in [1.807, 2.05) is 6.92 Å². The number of benzene rings is 1. The molecule has 106 valence electrons. The Morgan fingerprint density at radius 2 is 2.05 bits per heavy atom. The summed E-state index contributed by atoms with van der Waals surface area (Å²) in [5, 5.41) is 8.37. The molecule has 2 aromatic rings. The molecule has 6 nitrogen and oxygen atoms in total. The maximum absolute atomic E-state index is 11.5. The molecule has 3 N–H and O–H groups in total. The van der Waals surface area contributed by atoms with Crippen LogP contribution in [0.4, 0.5) is 5.69 Å². The highest BCUT2D eigenvalue weighted by Gasteiger charge is 2.13. The molecule has 20 heavy (non-hydrogen) atoms. The number of primary sulfonamides is 1. The minimum Gasteiger partial charge on any atom is -0.377 e. The van der Waals surface area contributed by atoms with Gasteiger partial charge in [-0.25, -0.2) is 13.6 Å². The zero-order chi connectivity index (χ0) is 14.8. The zero-order valence-corrected chi connectivity index (χ0v) is 12.1. The summed E-state index contributed by atoms with van der Waals surface area (Å²) in [5.41, 5.74) is 2.05. The van der Waals surface area contributed by atoms with Gasteiger partial charge in [0.25, 0.3) is 0 Å². The van der Waals surface area contributed by atoms with Crippen LogP contribution < -0.4 is 10.5 Å². The van der Waals surface area contributed by atoms with E-state index in [-0.39, 0.29) is 10.9 Å². The summed E-state index contributed by atoms with van der Waals surface area (Å²) < 4.78 is 23.0.